The fourth-order valence-electron chi connectivity index (χ4n) is 3.18. The molecule has 8 nitrogen and oxygen atoms in total. The van der Waals surface area contributed by atoms with E-state index in [-0.39, 0.29) is 17.8 Å². The number of benzene rings is 1. The van der Waals surface area contributed by atoms with Crippen LogP contribution in [-0.2, 0) is 11.3 Å². The van der Waals surface area contributed by atoms with Gasteiger partial charge in [0.05, 0.1) is 12.7 Å². The number of aromatic nitrogens is 4. The minimum atomic E-state index is -0.316. The molecule has 1 aromatic carbocycles. The van der Waals surface area contributed by atoms with Gasteiger partial charge in [-0.05, 0) is 18.6 Å². The van der Waals surface area contributed by atoms with Crippen molar-refractivity contribution in [3.8, 4) is 0 Å². The smallest absolute Gasteiger partial charge is 0.291 e. The van der Waals surface area contributed by atoms with Crippen LogP contribution < -0.4 is 5.32 Å². The average Bonchev–Trinajstić information content (AvgIpc) is 3.13. The van der Waals surface area contributed by atoms with Gasteiger partial charge in [0.25, 0.3) is 11.7 Å². The number of carbonyl (C=O) groups is 1. The van der Waals surface area contributed by atoms with Crippen LogP contribution in [-0.4, -0.2) is 62.7 Å². The summed E-state index contributed by atoms with van der Waals surface area (Å²) in [6, 6.07) is 12.2. The van der Waals surface area contributed by atoms with Crippen molar-refractivity contribution in [2.45, 2.75) is 19.6 Å². The Kier molecular flexibility index (Phi) is 5.08. The molecule has 140 valence electrons. The molecule has 1 fully saturated rings. The van der Waals surface area contributed by atoms with Crippen LogP contribution in [0.5, 0.6) is 0 Å². The quantitative estimate of drug-likeness (QED) is 0.727. The number of aryl methyl sites for hydroxylation is 1. The van der Waals surface area contributed by atoms with Crippen LogP contribution >= 0.6 is 0 Å². The summed E-state index contributed by atoms with van der Waals surface area (Å²) in [4.78, 5) is 23.0. The molecule has 1 aliphatic heterocycles. The minimum absolute atomic E-state index is 0.0525. The number of carbonyl (C=O) groups excluding carboxylic acids is 1. The van der Waals surface area contributed by atoms with E-state index in [0.717, 1.165) is 25.3 Å². The molecule has 3 heterocycles. The number of rotatable bonds is 5. The van der Waals surface area contributed by atoms with Gasteiger partial charge in [-0.25, -0.2) is 9.50 Å². The third kappa shape index (κ3) is 4.12. The van der Waals surface area contributed by atoms with E-state index in [4.69, 9.17) is 4.74 Å². The molecule has 1 N–H and O–H groups in total. The molecule has 0 radical (unpaired) electrons. The van der Waals surface area contributed by atoms with E-state index < -0.39 is 0 Å². The predicted octanol–water partition coefficient (Wildman–Crippen LogP) is 1.06. The molecule has 2 aromatic heterocycles. The molecule has 3 aromatic rings. The second-order valence-corrected chi connectivity index (χ2v) is 6.66. The lowest BCUT2D eigenvalue weighted by Crippen LogP contribution is -2.47. The summed E-state index contributed by atoms with van der Waals surface area (Å²) in [7, 11) is 0. The van der Waals surface area contributed by atoms with E-state index in [2.05, 4.69) is 37.4 Å². The highest BCUT2D eigenvalue weighted by molar-refractivity contribution is 5.90. The monoisotopic (exact) mass is 366 g/mol. The summed E-state index contributed by atoms with van der Waals surface area (Å²) >= 11 is 0. The highest BCUT2D eigenvalue weighted by atomic mass is 16.5. The lowest BCUT2D eigenvalue weighted by Gasteiger charge is -2.33. The van der Waals surface area contributed by atoms with Gasteiger partial charge in [0.1, 0.15) is 0 Å². The molecule has 1 aliphatic rings. The van der Waals surface area contributed by atoms with E-state index >= 15 is 0 Å². The summed E-state index contributed by atoms with van der Waals surface area (Å²) in [5.74, 6) is 0.223. The second kappa shape index (κ2) is 7.81. The van der Waals surface area contributed by atoms with Crippen molar-refractivity contribution in [1.29, 1.82) is 0 Å². The first-order valence-electron chi connectivity index (χ1n) is 9.03. The first-order valence-corrected chi connectivity index (χ1v) is 9.03. The largest absolute Gasteiger partial charge is 0.374 e. The van der Waals surface area contributed by atoms with Crippen LogP contribution in [0.1, 0.15) is 21.9 Å². The Morgan fingerprint density at radius 3 is 2.96 bits per heavy atom. The van der Waals surface area contributed by atoms with Gasteiger partial charge in [-0.15, -0.1) is 5.10 Å². The Morgan fingerprint density at radius 1 is 1.30 bits per heavy atom. The third-order valence-corrected chi connectivity index (χ3v) is 4.60. The Hall–Kier alpha value is -2.84. The van der Waals surface area contributed by atoms with Gasteiger partial charge in [-0.1, -0.05) is 30.3 Å². The van der Waals surface area contributed by atoms with Crippen LogP contribution in [0, 0.1) is 6.92 Å². The lowest BCUT2D eigenvalue weighted by atomic mass is 10.2. The van der Waals surface area contributed by atoms with Crippen molar-refractivity contribution < 1.29 is 9.53 Å². The number of morpholine rings is 1. The number of fused-ring (bicyclic) bond motifs is 1. The normalized spacial score (nSPS) is 17.9. The van der Waals surface area contributed by atoms with E-state index in [1.165, 1.54) is 5.56 Å². The SMILES string of the molecule is Cc1ccnc2nc(C(=O)NCC3CN(Cc4ccccc4)CCO3)nn12. The fourth-order valence-corrected chi connectivity index (χ4v) is 3.18. The molecule has 0 spiro atoms. The maximum absolute atomic E-state index is 12.4. The number of amides is 1. The minimum Gasteiger partial charge on any atom is -0.374 e. The molecule has 1 atom stereocenters. The fraction of sp³-hybridized carbons (Fsp3) is 0.368. The molecule has 1 unspecified atom stereocenters. The van der Waals surface area contributed by atoms with Crippen molar-refractivity contribution >= 4 is 11.7 Å². The Balaban J connectivity index is 1.33. The van der Waals surface area contributed by atoms with Crippen molar-refractivity contribution in [2.75, 3.05) is 26.2 Å². The molecule has 0 aliphatic carbocycles. The highest BCUT2D eigenvalue weighted by Gasteiger charge is 2.22. The molecular weight excluding hydrogens is 344 g/mol. The maximum atomic E-state index is 12.4. The molecule has 8 heteroatoms. The van der Waals surface area contributed by atoms with Crippen LogP contribution in [0.2, 0.25) is 0 Å². The Bertz CT molecular complexity index is 926. The Morgan fingerprint density at radius 2 is 2.15 bits per heavy atom. The van der Waals surface area contributed by atoms with Gasteiger partial charge in [0, 0.05) is 38.1 Å². The number of hydrogen-bond acceptors (Lipinski definition) is 6. The Labute approximate surface area is 157 Å². The van der Waals surface area contributed by atoms with Crippen molar-refractivity contribution in [3.05, 3.63) is 59.7 Å². The van der Waals surface area contributed by atoms with Crippen LogP contribution in [0.4, 0.5) is 0 Å². The van der Waals surface area contributed by atoms with Gasteiger partial charge in [-0.3, -0.25) is 9.69 Å². The zero-order chi connectivity index (χ0) is 18.6. The van der Waals surface area contributed by atoms with E-state index in [9.17, 15) is 4.79 Å². The van der Waals surface area contributed by atoms with Crippen LogP contribution in [0.15, 0.2) is 42.6 Å². The molecular formula is C19H22N6O2. The van der Waals surface area contributed by atoms with E-state index in [1.807, 2.05) is 31.2 Å². The molecule has 1 amide bonds. The molecule has 1 saturated heterocycles. The zero-order valence-corrected chi connectivity index (χ0v) is 15.2. The third-order valence-electron chi connectivity index (χ3n) is 4.60. The summed E-state index contributed by atoms with van der Waals surface area (Å²) in [6.45, 7) is 5.51. The highest BCUT2D eigenvalue weighted by Crippen LogP contribution is 2.10. The second-order valence-electron chi connectivity index (χ2n) is 6.66. The van der Waals surface area contributed by atoms with Crippen molar-refractivity contribution in [2.24, 2.45) is 0 Å². The van der Waals surface area contributed by atoms with Gasteiger partial charge >= 0.3 is 0 Å². The first kappa shape index (κ1) is 17.6. The number of hydrogen-bond donors (Lipinski definition) is 1. The number of nitrogens with one attached hydrogen (secondary N) is 1. The van der Waals surface area contributed by atoms with Crippen LogP contribution in [0.3, 0.4) is 0 Å². The summed E-state index contributed by atoms with van der Waals surface area (Å²) < 4.78 is 7.36. The molecule has 0 bridgehead atoms. The lowest BCUT2D eigenvalue weighted by molar-refractivity contribution is -0.0293. The van der Waals surface area contributed by atoms with Gasteiger partial charge in [-0.2, -0.15) is 4.98 Å². The standard InChI is InChI=1S/C19H22N6O2/c1-14-7-8-20-19-22-17(23-25(14)19)18(26)21-11-16-13-24(9-10-27-16)12-15-5-3-2-4-6-15/h2-8,16H,9-13H2,1H3,(H,21,26). The molecule has 27 heavy (non-hydrogen) atoms. The summed E-state index contributed by atoms with van der Waals surface area (Å²) in [5, 5.41) is 7.10. The predicted molar refractivity (Wildman–Crippen MR) is 99.3 cm³/mol. The number of ether oxygens (including phenoxy) is 1. The van der Waals surface area contributed by atoms with Gasteiger partial charge in [0.2, 0.25) is 5.82 Å². The van der Waals surface area contributed by atoms with Gasteiger partial charge in [0.15, 0.2) is 0 Å². The summed E-state index contributed by atoms with van der Waals surface area (Å²) in [5.41, 5.74) is 2.15. The van der Waals surface area contributed by atoms with E-state index in [0.29, 0.717) is 18.9 Å². The van der Waals surface area contributed by atoms with Crippen molar-refractivity contribution in [3.63, 3.8) is 0 Å². The summed E-state index contributed by atoms with van der Waals surface area (Å²) in [6.07, 6.45) is 1.60. The van der Waals surface area contributed by atoms with Crippen molar-refractivity contribution in [1.82, 2.24) is 29.8 Å². The van der Waals surface area contributed by atoms with Crippen LogP contribution in [0.25, 0.3) is 5.78 Å². The topological polar surface area (TPSA) is 84.7 Å². The maximum Gasteiger partial charge on any atom is 0.291 e. The molecule has 4 rings (SSSR count). The first-order chi connectivity index (χ1) is 13.2. The number of nitrogens with zero attached hydrogens (tertiary/aromatic N) is 5. The average molecular weight is 366 g/mol. The molecule has 0 saturated carbocycles. The zero-order valence-electron chi connectivity index (χ0n) is 15.2. The van der Waals surface area contributed by atoms with Gasteiger partial charge < -0.3 is 10.1 Å². The van der Waals surface area contributed by atoms with E-state index in [1.54, 1.807) is 10.7 Å².